The minimum absolute atomic E-state index is 0.0517. The molecule has 6 heteroatoms. The molecular formula is C23H36O6. The third kappa shape index (κ3) is 6.68. The van der Waals surface area contributed by atoms with Crippen LogP contribution in [0.5, 0.6) is 0 Å². The lowest BCUT2D eigenvalue weighted by atomic mass is 9.63. The molecule has 0 aromatic heterocycles. The Balaban J connectivity index is 2.05. The Morgan fingerprint density at radius 3 is 2.66 bits per heavy atom. The number of carbonyl (C=O) groups is 2. The molecule has 2 aliphatic carbocycles. The van der Waals surface area contributed by atoms with E-state index in [1.807, 2.05) is 13.8 Å². The van der Waals surface area contributed by atoms with E-state index in [9.17, 15) is 19.8 Å². The molecule has 0 saturated heterocycles. The van der Waals surface area contributed by atoms with Crippen molar-refractivity contribution in [3.8, 4) is 0 Å². The average Bonchev–Trinajstić information content (AvgIpc) is 2.65. The molecule has 164 valence electrons. The third-order valence-corrected chi connectivity index (χ3v) is 6.39. The second-order valence-corrected chi connectivity index (χ2v) is 8.67. The number of aliphatic carboxylic acids is 1. The van der Waals surface area contributed by atoms with E-state index < -0.39 is 18.2 Å². The van der Waals surface area contributed by atoms with Gasteiger partial charge in [0.2, 0.25) is 0 Å². The molecule has 0 aromatic carbocycles. The van der Waals surface area contributed by atoms with Gasteiger partial charge in [0, 0.05) is 5.92 Å². The molecule has 7 atom stereocenters. The monoisotopic (exact) mass is 408 g/mol. The van der Waals surface area contributed by atoms with Gasteiger partial charge >= 0.3 is 11.9 Å². The van der Waals surface area contributed by atoms with Crippen molar-refractivity contribution in [2.24, 2.45) is 23.7 Å². The van der Waals surface area contributed by atoms with Crippen molar-refractivity contribution in [3.63, 3.8) is 0 Å². The number of carbonyl (C=O) groups excluding carboxylic acids is 1. The number of esters is 1. The SMILES string of the molecule is CC[C@@H](C)OC(=O)[C@H]1CCC=C2C=C[C@H](C)[C@H](CC[C@@H](O)C[C@@H](O)CC(=O)O)[C@H]21. The molecule has 2 rings (SSSR count). The summed E-state index contributed by atoms with van der Waals surface area (Å²) in [5.74, 6) is -0.819. The molecule has 0 amide bonds. The normalized spacial score (nSPS) is 29.3. The van der Waals surface area contributed by atoms with Gasteiger partial charge < -0.3 is 20.1 Å². The van der Waals surface area contributed by atoms with Crippen LogP contribution in [0.1, 0.15) is 65.7 Å². The van der Waals surface area contributed by atoms with E-state index >= 15 is 0 Å². The molecule has 0 unspecified atom stereocenters. The maximum absolute atomic E-state index is 12.8. The number of carboxylic acids is 1. The fraction of sp³-hybridized carbons (Fsp3) is 0.739. The van der Waals surface area contributed by atoms with Crippen LogP contribution >= 0.6 is 0 Å². The van der Waals surface area contributed by atoms with Crippen LogP contribution in [-0.2, 0) is 14.3 Å². The zero-order valence-corrected chi connectivity index (χ0v) is 17.8. The highest BCUT2D eigenvalue weighted by atomic mass is 16.5. The lowest BCUT2D eigenvalue weighted by Crippen LogP contribution is -2.39. The maximum atomic E-state index is 12.8. The molecule has 3 N–H and O–H groups in total. The summed E-state index contributed by atoms with van der Waals surface area (Å²) < 4.78 is 5.66. The van der Waals surface area contributed by atoms with Gasteiger partial charge in [0.25, 0.3) is 0 Å². The summed E-state index contributed by atoms with van der Waals surface area (Å²) in [6.45, 7) is 6.05. The van der Waals surface area contributed by atoms with Crippen molar-refractivity contribution in [1.29, 1.82) is 0 Å². The first kappa shape index (κ1) is 23.6. The second kappa shape index (κ2) is 10.9. The minimum Gasteiger partial charge on any atom is -0.481 e. The van der Waals surface area contributed by atoms with Crippen LogP contribution in [0.15, 0.2) is 23.8 Å². The van der Waals surface area contributed by atoms with Gasteiger partial charge in [0.1, 0.15) is 0 Å². The zero-order chi connectivity index (χ0) is 21.6. The number of aliphatic hydroxyl groups is 2. The molecule has 29 heavy (non-hydrogen) atoms. The Morgan fingerprint density at radius 1 is 1.28 bits per heavy atom. The third-order valence-electron chi connectivity index (χ3n) is 6.39. The van der Waals surface area contributed by atoms with Crippen molar-refractivity contribution in [3.05, 3.63) is 23.8 Å². The van der Waals surface area contributed by atoms with Gasteiger partial charge in [-0.3, -0.25) is 9.59 Å². The van der Waals surface area contributed by atoms with Crippen LogP contribution in [0.3, 0.4) is 0 Å². The van der Waals surface area contributed by atoms with Gasteiger partial charge in [-0.1, -0.05) is 32.1 Å². The lowest BCUT2D eigenvalue weighted by Gasteiger charge is -2.41. The summed E-state index contributed by atoms with van der Waals surface area (Å²) in [5, 5.41) is 28.8. The van der Waals surface area contributed by atoms with Crippen LogP contribution in [-0.4, -0.2) is 45.6 Å². The van der Waals surface area contributed by atoms with Gasteiger partial charge in [-0.2, -0.15) is 0 Å². The largest absolute Gasteiger partial charge is 0.481 e. The first-order chi connectivity index (χ1) is 13.7. The molecule has 0 fully saturated rings. The molecular weight excluding hydrogens is 372 g/mol. The molecule has 0 aromatic rings. The highest BCUT2D eigenvalue weighted by Crippen LogP contribution is 2.46. The number of ether oxygens (including phenoxy) is 1. The van der Waals surface area contributed by atoms with E-state index in [1.54, 1.807) is 0 Å². The maximum Gasteiger partial charge on any atom is 0.309 e. The summed E-state index contributed by atoms with van der Waals surface area (Å²) in [4.78, 5) is 23.5. The Bertz CT molecular complexity index is 625. The van der Waals surface area contributed by atoms with Crippen molar-refractivity contribution < 1.29 is 29.6 Å². The predicted molar refractivity (Wildman–Crippen MR) is 110 cm³/mol. The number of rotatable bonds is 10. The fourth-order valence-corrected chi connectivity index (χ4v) is 4.61. The first-order valence-electron chi connectivity index (χ1n) is 10.9. The fourth-order valence-electron chi connectivity index (χ4n) is 4.61. The summed E-state index contributed by atoms with van der Waals surface area (Å²) in [6.07, 6.45) is 7.90. The molecule has 0 radical (unpaired) electrons. The number of hydrogen-bond acceptors (Lipinski definition) is 5. The van der Waals surface area contributed by atoms with Crippen LogP contribution in [0, 0.1) is 23.7 Å². The highest BCUT2D eigenvalue weighted by molar-refractivity contribution is 5.74. The molecule has 0 aliphatic heterocycles. The minimum atomic E-state index is -1.07. The quantitative estimate of drug-likeness (QED) is 0.478. The number of aliphatic hydroxyl groups excluding tert-OH is 2. The van der Waals surface area contributed by atoms with E-state index in [-0.39, 0.29) is 48.6 Å². The molecule has 2 aliphatic rings. The van der Waals surface area contributed by atoms with Gasteiger partial charge in [0.05, 0.1) is 30.7 Å². The van der Waals surface area contributed by atoms with Crippen molar-refractivity contribution in [2.75, 3.05) is 0 Å². The molecule has 0 spiro atoms. The van der Waals surface area contributed by atoms with E-state index in [1.165, 1.54) is 5.57 Å². The Morgan fingerprint density at radius 2 is 2.00 bits per heavy atom. The standard InChI is InChI=1S/C23H36O6/c1-4-15(3)29-23(28)20-7-5-6-16-9-8-14(2)19(22(16)20)11-10-17(24)12-18(25)13-21(26)27/h6,8-9,14-15,17-20,22,24-25H,4-5,7,10-13H2,1-3H3,(H,26,27)/t14-,15+,17+,18+,19-,20-,22-/m0/s1. The zero-order valence-electron chi connectivity index (χ0n) is 17.8. The van der Waals surface area contributed by atoms with E-state index in [0.29, 0.717) is 12.8 Å². The number of carboxylic acid groups (broad SMARTS) is 1. The van der Waals surface area contributed by atoms with Crippen molar-refractivity contribution in [1.82, 2.24) is 0 Å². The summed E-state index contributed by atoms with van der Waals surface area (Å²) in [7, 11) is 0. The molecule has 6 nitrogen and oxygen atoms in total. The Labute approximate surface area is 173 Å². The number of hydrogen-bond donors (Lipinski definition) is 3. The predicted octanol–water partition coefficient (Wildman–Crippen LogP) is 3.47. The van der Waals surface area contributed by atoms with E-state index in [0.717, 1.165) is 19.3 Å². The molecule has 0 saturated carbocycles. The smallest absolute Gasteiger partial charge is 0.309 e. The second-order valence-electron chi connectivity index (χ2n) is 8.67. The van der Waals surface area contributed by atoms with Crippen molar-refractivity contribution in [2.45, 2.75) is 84.0 Å². The summed E-state index contributed by atoms with van der Waals surface area (Å²) >= 11 is 0. The van der Waals surface area contributed by atoms with Gasteiger partial charge in [-0.25, -0.2) is 0 Å². The first-order valence-corrected chi connectivity index (χ1v) is 10.9. The Hall–Kier alpha value is -1.66. The van der Waals surface area contributed by atoms with E-state index in [2.05, 4.69) is 25.2 Å². The van der Waals surface area contributed by atoms with Gasteiger partial charge in [0.15, 0.2) is 0 Å². The topological polar surface area (TPSA) is 104 Å². The van der Waals surface area contributed by atoms with Crippen molar-refractivity contribution >= 4 is 11.9 Å². The molecule has 0 bridgehead atoms. The lowest BCUT2D eigenvalue weighted by molar-refractivity contribution is -0.156. The van der Waals surface area contributed by atoms with Gasteiger partial charge in [-0.15, -0.1) is 0 Å². The van der Waals surface area contributed by atoms with Crippen LogP contribution in [0.25, 0.3) is 0 Å². The summed E-state index contributed by atoms with van der Waals surface area (Å²) in [6, 6.07) is 0. The highest BCUT2D eigenvalue weighted by Gasteiger charge is 2.42. The Kier molecular flexibility index (Phi) is 8.90. The van der Waals surface area contributed by atoms with Crippen LogP contribution in [0.4, 0.5) is 0 Å². The number of fused-ring (bicyclic) bond motifs is 1. The van der Waals surface area contributed by atoms with E-state index in [4.69, 9.17) is 9.84 Å². The molecule has 0 heterocycles. The van der Waals surface area contributed by atoms with Crippen LogP contribution < -0.4 is 0 Å². The van der Waals surface area contributed by atoms with Crippen LogP contribution in [0.2, 0.25) is 0 Å². The summed E-state index contributed by atoms with van der Waals surface area (Å²) in [5.41, 5.74) is 1.19. The number of allylic oxidation sites excluding steroid dienone is 4. The average molecular weight is 409 g/mol. The van der Waals surface area contributed by atoms with Gasteiger partial charge in [-0.05, 0) is 62.9 Å².